The molecule has 0 saturated carbocycles. The maximum atomic E-state index is 6.91. The molecule has 1 rings (SSSR count). The number of hydrogen-bond donors (Lipinski definition) is 2. The van der Waals surface area contributed by atoms with Crippen LogP contribution < -0.4 is 5.32 Å². The molecule has 0 unspecified atom stereocenters. The molecular formula is C4H7N2. The fourth-order valence-electron chi connectivity index (χ4n) is 0.484. The van der Waals surface area contributed by atoms with E-state index in [0.29, 0.717) is 5.84 Å². The molecule has 1 radical (unpaired) electrons. The molecule has 1 heterocycles. The second-order valence-corrected chi connectivity index (χ2v) is 1.37. The molecule has 0 aromatic rings. The van der Waals surface area contributed by atoms with E-state index in [0.717, 1.165) is 12.8 Å². The number of amidine groups is 1. The van der Waals surface area contributed by atoms with E-state index < -0.39 is 0 Å². The van der Waals surface area contributed by atoms with Crippen molar-refractivity contribution in [2.24, 2.45) is 0 Å². The van der Waals surface area contributed by atoms with Crippen molar-refractivity contribution in [1.82, 2.24) is 5.32 Å². The van der Waals surface area contributed by atoms with Gasteiger partial charge in [0.05, 0.1) is 5.84 Å². The van der Waals surface area contributed by atoms with Gasteiger partial charge in [0.25, 0.3) is 0 Å². The van der Waals surface area contributed by atoms with Crippen LogP contribution in [0.25, 0.3) is 0 Å². The molecule has 0 aromatic heterocycles. The molecule has 6 heavy (non-hydrogen) atoms. The first-order valence-electron chi connectivity index (χ1n) is 2.05. The van der Waals surface area contributed by atoms with Gasteiger partial charge in [-0.1, -0.05) is 0 Å². The van der Waals surface area contributed by atoms with Gasteiger partial charge in [0.1, 0.15) is 0 Å². The van der Waals surface area contributed by atoms with Crippen LogP contribution in [0.3, 0.4) is 0 Å². The molecule has 0 aromatic carbocycles. The zero-order valence-corrected chi connectivity index (χ0v) is 3.49. The molecule has 0 atom stereocenters. The normalized spacial score (nSPS) is 21.0. The molecule has 0 bridgehead atoms. The van der Waals surface area contributed by atoms with Crippen molar-refractivity contribution in [3.63, 3.8) is 0 Å². The van der Waals surface area contributed by atoms with Crippen molar-refractivity contribution in [3.05, 3.63) is 6.54 Å². The average Bonchev–Trinajstić information content (AvgIpc) is 1.86. The fraction of sp³-hybridized carbons (Fsp3) is 0.500. The minimum atomic E-state index is 0.648. The van der Waals surface area contributed by atoms with Crippen LogP contribution in [-0.2, 0) is 0 Å². The van der Waals surface area contributed by atoms with E-state index in [1.165, 1.54) is 0 Å². The first-order valence-corrected chi connectivity index (χ1v) is 2.05. The van der Waals surface area contributed by atoms with E-state index in [1.54, 1.807) is 0 Å². The highest BCUT2D eigenvalue weighted by Gasteiger charge is 2.01. The fourth-order valence-corrected chi connectivity index (χ4v) is 0.484. The van der Waals surface area contributed by atoms with E-state index in [2.05, 4.69) is 5.32 Å². The van der Waals surface area contributed by atoms with Gasteiger partial charge in [0.15, 0.2) is 0 Å². The van der Waals surface area contributed by atoms with Gasteiger partial charge >= 0.3 is 0 Å². The van der Waals surface area contributed by atoms with Gasteiger partial charge in [-0.3, -0.25) is 5.41 Å². The van der Waals surface area contributed by atoms with Crippen molar-refractivity contribution >= 4 is 5.84 Å². The third-order valence-electron chi connectivity index (χ3n) is 0.815. The quantitative estimate of drug-likeness (QED) is 0.439. The smallest absolute Gasteiger partial charge is 0.0935 e. The lowest BCUT2D eigenvalue weighted by molar-refractivity contribution is 1.05. The third-order valence-corrected chi connectivity index (χ3v) is 0.815. The molecule has 1 saturated heterocycles. The van der Waals surface area contributed by atoms with Crippen LogP contribution >= 0.6 is 0 Å². The summed E-state index contributed by atoms with van der Waals surface area (Å²) in [5, 5.41) is 9.68. The van der Waals surface area contributed by atoms with Gasteiger partial charge in [0.2, 0.25) is 0 Å². The largest absolute Gasteiger partial charge is 0.369 e. The summed E-state index contributed by atoms with van der Waals surface area (Å²) < 4.78 is 0. The second-order valence-electron chi connectivity index (χ2n) is 1.37. The van der Waals surface area contributed by atoms with Gasteiger partial charge in [-0.25, -0.2) is 0 Å². The topological polar surface area (TPSA) is 35.9 Å². The predicted octanol–water partition coefficient (Wildman–Crippen LogP) is 0.509. The molecule has 1 aliphatic heterocycles. The highest BCUT2D eigenvalue weighted by atomic mass is 14.9. The Hall–Kier alpha value is -0.530. The van der Waals surface area contributed by atoms with Gasteiger partial charge < -0.3 is 5.32 Å². The van der Waals surface area contributed by atoms with Gasteiger partial charge in [-0.05, 0) is 6.42 Å². The monoisotopic (exact) mass is 83.1 g/mol. The Morgan fingerprint density at radius 1 is 1.83 bits per heavy atom. The molecule has 2 nitrogen and oxygen atoms in total. The van der Waals surface area contributed by atoms with Crippen LogP contribution in [-0.4, -0.2) is 5.84 Å². The van der Waals surface area contributed by atoms with Crippen molar-refractivity contribution < 1.29 is 0 Å². The molecule has 1 aliphatic rings. The Kier molecular flexibility index (Phi) is 0.783. The summed E-state index contributed by atoms with van der Waals surface area (Å²) in [4.78, 5) is 0. The molecule has 1 fully saturated rings. The Morgan fingerprint density at radius 2 is 2.67 bits per heavy atom. The summed E-state index contributed by atoms with van der Waals surface area (Å²) >= 11 is 0. The maximum absolute atomic E-state index is 6.91. The zero-order valence-electron chi connectivity index (χ0n) is 3.49. The molecule has 2 heteroatoms. The average molecular weight is 83.1 g/mol. The van der Waals surface area contributed by atoms with E-state index in [9.17, 15) is 0 Å². The molecule has 2 N–H and O–H groups in total. The van der Waals surface area contributed by atoms with Crippen molar-refractivity contribution in [2.75, 3.05) is 0 Å². The molecule has 33 valence electrons. The lowest BCUT2D eigenvalue weighted by atomic mass is 10.4. The summed E-state index contributed by atoms with van der Waals surface area (Å²) in [6, 6.07) is 0. The van der Waals surface area contributed by atoms with E-state index in [4.69, 9.17) is 5.41 Å². The number of hydrogen-bond acceptors (Lipinski definition) is 1. The Morgan fingerprint density at radius 3 is 2.83 bits per heavy atom. The summed E-state index contributed by atoms with van der Waals surface area (Å²) in [5.74, 6) is 0.648. The van der Waals surface area contributed by atoms with Crippen LogP contribution in [0.5, 0.6) is 0 Å². The van der Waals surface area contributed by atoms with Crippen LogP contribution in [0, 0.1) is 12.0 Å². The Labute approximate surface area is 37.1 Å². The van der Waals surface area contributed by atoms with E-state index in [-0.39, 0.29) is 0 Å². The molecule has 0 amide bonds. The Balaban J connectivity index is 2.37. The summed E-state index contributed by atoms with van der Waals surface area (Å²) in [6.07, 6.45) is 1.93. The van der Waals surface area contributed by atoms with Crippen LogP contribution in [0.15, 0.2) is 0 Å². The van der Waals surface area contributed by atoms with Crippen molar-refractivity contribution in [2.45, 2.75) is 12.8 Å². The lowest BCUT2D eigenvalue weighted by Crippen LogP contribution is -2.07. The van der Waals surface area contributed by atoms with Crippen LogP contribution in [0.4, 0.5) is 0 Å². The van der Waals surface area contributed by atoms with Crippen molar-refractivity contribution in [3.8, 4) is 0 Å². The van der Waals surface area contributed by atoms with Crippen LogP contribution in [0.2, 0.25) is 0 Å². The highest BCUT2D eigenvalue weighted by Crippen LogP contribution is 1.98. The number of nitrogens with one attached hydrogen (secondary N) is 2. The predicted molar refractivity (Wildman–Crippen MR) is 24.4 cm³/mol. The third kappa shape index (κ3) is 0.506. The summed E-state index contributed by atoms with van der Waals surface area (Å²) in [7, 11) is 0. The van der Waals surface area contributed by atoms with Crippen molar-refractivity contribution in [1.29, 1.82) is 5.41 Å². The maximum Gasteiger partial charge on any atom is 0.0935 e. The van der Waals surface area contributed by atoms with E-state index in [1.807, 2.05) is 6.54 Å². The SMILES string of the molecule is N=C1CC[CH]N1. The minimum absolute atomic E-state index is 0.648. The lowest BCUT2D eigenvalue weighted by Gasteiger charge is -1.84. The summed E-state index contributed by atoms with van der Waals surface area (Å²) in [6.45, 7) is 1.91. The molecular weight excluding hydrogens is 76.1 g/mol. The zero-order chi connectivity index (χ0) is 4.41. The first kappa shape index (κ1) is 3.65. The first-order chi connectivity index (χ1) is 2.89. The molecule has 0 spiro atoms. The number of rotatable bonds is 0. The highest BCUT2D eigenvalue weighted by molar-refractivity contribution is 5.81. The van der Waals surface area contributed by atoms with Gasteiger partial charge in [-0.2, -0.15) is 0 Å². The van der Waals surface area contributed by atoms with Crippen LogP contribution in [0.1, 0.15) is 12.8 Å². The van der Waals surface area contributed by atoms with Gasteiger partial charge in [-0.15, -0.1) is 0 Å². The second kappa shape index (κ2) is 1.29. The Bertz CT molecular complexity index is 59.9. The van der Waals surface area contributed by atoms with Gasteiger partial charge in [0, 0.05) is 13.0 Å². The van der Waals surface area contributed by atoms with E-state index >= 15 is 0 Å². The minimum Gasteiger partial charge on any atom is -0.369 e. The molecule has 0 aliphatic carbocycles. The standard InChI is InChI=1S/C4H7N2/c5-4-2-1-3-6-4/h3H,1-2H2,(H2,5,6). The summed E-state index contributed by atoms with van der Waals surface area (Å²) in [5.41, 5.74) is 0.